The van der Waals surface area contributed by atoms with Crippen molar-refractivity contribution in [3.63, 3.8) is 0 Å². The van der Waals surface area contributed by atoms with Gasteiger partial charge in [0.1, 0.15) is 0 Å². The fraction of sp³-hybridized carbons (Fsp3) is 0.381. The predicted octanol–water partition coefficient (Wildman–Crippen LogP) is 2.01. The summed E-state index contributed by atoms with van der Waals surface area (Å²) < 4.78 is 1.72. The number of nitrogens with one attached hydrogen (secondary N) is 3. The Bertz CT molecular complexity index is 851. The minimum absolute atomic E-state index is 0. The van der Waals surface area contributed by atoms with Gasteiger partial charge in [0.25, 0.3) is 5.91 Å². The third kappa shape index (κ3) is 8.68. The number of nitrogens with zero attached hydrogens (tertiary/aromatic N) is 2. The second-order valence-corrected chi connectivity index (χ2v) is 6.39. The minimum atomic E-state index is -0.0787. The largest absolute Gasteiger partial charge is 0.356 e. The van der Waals surface area contributed by atoms with Crippen molar-refractivity contribution in [1.82, 2.24) is 20.5 Å². The Balaban J connectivity index is 0.00000420. The Morgan fingerprint density at radius 2 is 1.86 bits per heavy atom. The summed E-state index contributed by atoms with van der Waals surface area (Å²) in [5, 5.41) is 9.20. The number of aryl methyl sites for hydroxylation is 1. The van der Waals surface area contributed by atoms with Crippen molar-refractivity contribution in [1.29, 1.82) is 0 Å². The fourth-order valence-electron chi connectivity index (χ4n) is 2.82. The molecule has 0 radical (unpaired) electrons. The molecule has 0 aliphatic heterocycles. The summed E-state index contributed by atoms with van der Waals surface area (Å²) in [4.78, 5) is 27.6. The van der Waals surface area contributed by atoms with E-state index >= 15 is 0 Å². The van der Waals surface area contributed by atoms with Gasteiger partial charge in [-0.05, 0) is 43.0 Å². The molecular weight excluding hydrogens is 481 g/mol. The molecule has 0 aliphatic carbocycles. The highest BCUT2D eigenvalue weighted by molar-refractivity contribution is 14.0. The summed E-state index contributed by atoms with van der Waals surface area (Å²) >= 11 is 0. The summed E-state index contributed by atoms with van der Waals surface area (Å²) in [6.07, 6.45) is 4.47. The number of carbonyl (C=O) groups excluding carboxylic acids is 1. The molecule has 0 aliphatic rings. The first-order chi connectivity index (χ1) is 13.6. The van der Waals surface area contributed by atoms with Gasteiger partial charge in [0.15, 0.2) is 5.96 Å². The van der Waals surface area contributed by atoms with Crippen LogP contribution in [0.4, 0.5) is 0 Å². The summed E-state index contributed by atoms with van der Waals surface area (Å²) in [6.45, 7) is 2.22. The van der Waals surface area contributed by atoms with Crippen LogP contribution in [-0.4, -0.2) is 43.6 Å². The van der Waals surface area contributed by atoms with Crippen LogP contribution in [0.15, 0.2) is 58.4 Å². The van der Waals surface area contributed by atoms with Crippen LogP contribution < -0.4 is 21.5 Å². The number of aliphatic imine (C=N–C) groups is 1. The number of amides is 1. The highest BCUT2D eigenvalue weighted by atomic mass is 127. The summed E-state index contributed by atoms with van der Waals surface area (Å²) in [5.41, 5.74) is 1.80. The second-order valence-electron chi connectivity index (χ2n) is 6.39. The number of hydrogen-bond acceptors (Lipinski definition) is 3. The van der Waals surface area contributed by atoms with Gasteiger partial charge in [-0.1, -0.05) is 18.2 Å². The van der Waals surface area contributed by atoms with E-state index in [9.17, 15) is 9.59 Å². The molecule has 7 nitrogen and oxygen atoms in total. The van der Waals surface area contributed by atoms with Crippen LogP contribution in [0.25, 0.3) is 0 Å². The van der Waals surface area contributed by atoms with E-state index in [0.717, 1.165) is 50.4 Å². The summed E-state index contributed by atoms with van der Waals surface area (Å²) in [5.74, 6) is 0.671. The molecule has 0 spiro atoms. The van der Waals surface area contributed by atoms with Crippen LogP contribution in [0.3, 0.4) is 0 Å². The van der Waals surface area contributed by atoms with E-state index in [0.29, 0.717) is 5.56 Å². The number of guanidine groups is 1. The lowest BCUT2D eigenvalue weighted by atomic mass is 10.1. The van der Waals surface area contributed by atoms with Crippen molar-refractivity contribution >= 4 is 35.8 Å². The van der Waals surface area contributed by atoms with Crippen LogP contribution in [0.5, 0.6) is 0 Å². The summed E-state index contributed by atoms with van der Waals surface area (Å²) in [6, 6.07) is 12.8. The van der Waals surface area contributed by atoms with Gasteiger partial charge in [-0.2, -0.15) is 0 Å². The van der Waals surface area contributed by atoms with Crippen molar-refractivity contribution < 1.29 is 4.79 Å². The quantitative estimate of drug-likeness (QED) is 0.208. The maximum absolute atomic E-state index is 11.7. The molecule has 8 heteroatoms. The van der Waals surface area contributed by atoms with Crippen LogP contribution in [0.2, 0.25) is 0 Å². The molecule has 0 fully saturated rings. The first-order valence-electron chi connectivity index (χ1n) is 9.55. The maximum atomic E-state index is 11.7. The Hall–Kier alpha value is -2.36. The zero-order valence-corrected chi connectivity index (χ0v) is 19.3. The van der Waals surface area contributed by atoms with Crippen LogP contribution in [0.1, 0.15) is 28.8 Å². The van der Waals surface area contributed by atoms with Gasteiger partial charge >= 0.3 is 0 Å². The number of aromatic nitrogens is 1. The fourth-order valence-corrected chi connectivity index (χ4v) is 2.82. The molecule has 2 rings (SSSR count). The maximum Gasteiger partial charge on any atom is 0.251 e. The standard InChI is InChI=1S/C21H29N5O2.HI/c1-22-20(28)18-9-7-8-17(16-18)11-13-25-21(23-2)24-12-4-6-15-26-14-5-3-10-19(26)27;/h3,5,7-10,14,16H,4,6,11-13,15H2,1-2H3,(H,22,28)(H2,23,24,25);1H. The Kier molecular flexibility index (Phi) is 11.7. The Morgan fingerprint density at radius 1 is 1.07 bits per heavy atom. The minimum Gasteiger partial charge on any atom is -0.356 e. The number of halogens is 1. The van der Waals surface area contributed by atoms with Crippen LogP contribution in [-0.2, 0) is 13.0 Å². The van der Waals surface area contributed by atoms with Crippen molar-refractivity contribution in [3.05, 3.63) is 70.1 Å². The van der Waals surface area contributed by atoms with E-state index in [-0.39, 0.29) is 35.4 Å². The van der Waals surface area contributed by atoms with Gasteiger partial charge < -0.3 is 20.5 Å². The molecule has 2 aromatic rings. The molecule has 0 bridgehead atoms. The molecule has 3 N–H and O–H groups in total. The molecule has 1 aromatic carbocycles. The van der Waals surface area contributed by atoms with Gasteiger partial charge in [0, 0.05) is 51.6 Å². The molecule has 0 atom stereocenters. The molecular formula is C21H30IN5O2. The second kappa shape index (κ2) is 13.8. The number of rotatable bonds is 9. The molecule has 1 heterocycles. The molecule has 1 aromatic heterocycles. The van der Waals surface area contributed by atoms with E-state index in [1.54, 1.807) is 36.9 Å². The van der Waals surface area contributed by atoms with Crippen LogP contribution in [0, 0.1) is 0 Å². The molecule has 158 valence electrons. The van der Waals surface area contributed by atoms with E-state index < -0.39 is 0 Å². The van der Waals surface area contributed by atoms with Crippen LogP contribution >= 0.6 is 24.0 Å². The van der Waals surface area contributed by atoms with Gasteiger partial charge in [0.2, 0.25) is 5.56 Å². The van der Waals surface area contributed by atoms with Gasteiger partial charge in [-0.3, -0.25) is 14.6 Å². The smallest absolute Gasteiger partial charge is 0.251 e. The first-order valence-corrected chi connectivity index (χ1v) is 9.55. The predicted molar refractivity (Wildman–Crippen MR) is 128 cm³/mol. The monoisotopic (exact) mass is 511 g/mol. The number of carbonyl (C=O) groups is 1. The highest BCUT2D eigenvalue weighted by Gasteiger charge is 2.04. The molecule has 0 saturated carbocycles. The average molecular weight is 511 g/mol. The van der Waals surface area contributed by atoms with Crippen molar-refractivity contribution in [2.75, 3.05) is 27.2 Å². The van der Waals surface area contributed by atoms with Crippen molar-refractivity contribution in [3.8, 4) is 0 Å². The molecule has 1 amide bonds. The van der Waals surface area contributed by atoms with E-state index in [1.165, 1.54) is 0 Å². The lowest BCUT2D eigenvalue weighted by molar-refractivity contribution is 0.0963. The molecule has 0 saturated heterocycles. The SMILES string of the molecule is CN=C(NCCCCn1ccccc1=O)NCCc1cccc(C(=O)NC)c1.I. The number of benzene rings is 1. The van der Waals surface area contributed by atoms with Crippen molar-refractivity contribution in [2.45, 2.75) is 25.8 Å². The zero-order valence-electron chi connectivity index (χ0n) is 17.0. The summed E-state index contributed by atoms with van der Waals surface area (Å²) in [7, 11) is 3.37. The number of hydrogen-bond donors (Lipinski definition) is 3. The topological polar surface area (TPSA) is 87.5 Å². The third-order valence-electron chi connectivity index (χ3n) is 4.36. The van der Waals surface area contributed by atoms with Gasteiger partial charge in [0.05, 0.1) is 0 Å². The van der Waals surface area contributed by atoms with E-state index in [4.69, 9.17) is 0 Å². The van der Waals surface area contributed by atoms with Gasteiger partial charge in [-0.15, -0.1) is 24.0 Å². The normalized spacial score (nSPS) is 10.8. The molecule has 0 unspecified atom stereocenters. The lowest BCUT2D eigenvalue weighted by Gasteiger charge is -2.12. The number of pyridine rings is 1. The number of unbranched alkanes of at least 4 members (excludes halogenated alkanes) is 1. The molecule has 29 heavy (non-hydrogen) atoms. The highest BCUT2D eigenvalue weighted by Crippen LogP contribution is 2.05. The lowest BCUT2D eigenvalue weighted by Crippen LogP contribution is -2.38. The van der Waals surface area contributed by atoms with Crippen molar-refractivity contribution in [2.24, 2.45) is 4.99 Å². The Morgan fingerprint density at radius 3 is 2.59 bits per heavy atom. The van der Waals surface area contributed by atoms with Gasteiger partial charge in [-0.25, -0.2) is 0 Å². The first kappa shape index (κ1) is 24.7. The Labute approximate surface area is 189 Å². The average Bonchev–Trinajstić information content (AvgIpc) is 2.73. The zero-order chi connectivity index (χ0) is 20.2. The van der Waals surface area contributed by atoms with E-state index in [2.05, 4.69) is 20.9 Å². The third-order valence-corrected chi connectivity index (χ3v) is 4.36. The van der Waals surface area contributed by atoms with E-state index in [1.807, 2.05) is 30.5 Å².